The lowest BCUT2D eigenvalue weighted by Gasteiger charge is -2.35. The molecule has 0 saturated heterocycles. The van der Waals surface area contributed by atoms with Gasteiger partial charge in [-0.1, -0.05) is 24.3 Å². The molecule has 1 aliphatic rings. The van der Waals surface area contributed by atoms with Gasteiger partial charge in [-0.25, -0.2) is 19.1 Å². The quantitative estimate of drug-likeness (QED) is 0.487. The zero-order chi connectivity index (χ0) is 22.4. The Morgan fingerprint density at radius 3 is 2.31 bits per heavy atom. The van der Waals surface area contributed by atoms with Gasteiger partial charge in [0.05, 0.1) is 6.54 Å². The Labute approximate surface area is 183 Å². The monoisotopic (exact) mass is 429 g/mol. The second-order valence-corrected chi connectivity index (χ2v) is 7.61. The first kappa shape index (κ1) is 19.9. The lowest BCUT2D eigenvalue weighted by molar-refractivity contribution is -0.119. The van der Waals surface area contributed by atoms with Crippen LogP contribution in [0.1, 0.15) is 13.8 Å². The van der Waals surface area contributed by atoms with Crippen LogP contribution in [0.3, 0.4) is 0 Å². The number of pyridine rings is 1. The van der Waals surface area contributed by atoms with E-state index in [1.54, 1.807) is 45.2 Å². The van der Waals surface area contributed by atoms with Crippen LogP contribution in [0.25, 0.3) is 33.3 Å². The number of fused-ring (bicyclic) bond motifs is 2. The van der Waals surface area contributed by atoms with E-state index < -0.39 is 0 Å². The predicted octanol–water partition coefficient (Wildman–Crippen LogP) is 3.76. The van der Waals surface area contributed by atoms with Gasteiger partial charge in [-0.2, -0.15) is 0 Å². The van der Waals surface area contributed by atoms with Gasteiger partial charge in [0.25, 0.3) is 0 Å². The van der Waals surface area contributed by atoms with Crippen molar-refractivity contribution in [2.75, 3.05) is 23.0 Å². The van der Waals surface area contributed by atoms with Crippen molar-refractivity contribution < 1.29 is 14.0 Å². The molecule has 2 amide bonds. The minimum atomic E-state index is -0.325. The summed E-state index contributed by atoms with van der Waals surface area (Å²) in [7, 11) is 0. The van der Waals surface area contributed by atoms with Crippen LogP contribution in [0.2, 0.25) is 0 Å². The van der Waals surface area contributed by atoms with E-state index >= 15 is 0 Å². The number of nitrogens with zero attached hydrogens (tertiary/aromatic N) is 5. The molecular formula is C24H20FN5O2. The van der Waals surface area contributed by atoms with Crippen LogP contribution >= 0.6 is 0 Å². The summed E-state index contributed by atoms with van der Waals surface area (Å²) in [6, 6.07) is 13.9. The summed E-state index contributed by atoms with van der Waals surface area (Å²) in [5.74, 6) is -0.308. The highest BCUT2D eigenvalue weighted by molar-refractivity contribution is 6.01. The van der Waals surface area contributed by atoms with Gasteiger partial charge in [-0.05, 0) is 29.7 Å². The van der Waals surface area contributed by atoms with E-state index in [1.807, 2.05) is 24.3 Å². The second-order valence-electron chi connectivity index (χ2n) is 7.61. The number of benzene rings is 2. The third-order valence-corrected chi connectivity index (χ3v) is 5.68. The van der Waals surface area contributed by atoms with Gasteiger partial charge in [0.1, 0.15) is 17.2 Å². The van der Waals surface area contributed by atoms with Crippen LogP contribution in [-0.2, 0) is 9.59 Å². The standard InChI is InChI=1S/C24H20FN5O2/c1-15(31)28-13-14-29(16(2)32)30-23(17-9-11-26-12-10-17)22(27-24(28)30)20-7-8-21(25)19-6-4-3-5-18(19)20/h3-12H,13-14H2,1-2H3. The minimum Gasteiger partial charge on any atom is -0.279 e. The second kappa shape index (κ2) is 7.56. The number of amides is 2. The molecule has 7 nitrogen and oxygen atoms in total. The highest BCUT2D eigenvalue weighted by Gasteiger charge is 2.34. The zero-order valence-corrected chi connectivity index (χ0v) is 17.6. The molecule has 0 saturated carbocycles. The maximum Gasteiger partial charge on any atom is 0.238 e. The Balaban J connectivity index is 1.89. The van der Waals surface area contributed by atoms with Crippen molar-refractivity contribution in [3.05, 3.63) is 66.7 Å². The van der Waals surface area contributed by atoms with Crippen molar-refractivity contribution in [3.8, 4) is 22.5 Å². The number of aromatic nitrogens is 3. The number of hydrogen-bond acceptors (Lipinski definition) is 4. The number of carbonyl (C=O) groups excluding carboxylic acids is 2. The lowest BCUT2D eigenvalue weighted by Crippen LogP contribution is -2.52. The fourth-order valence-electron chi connectivity index (χ4n) is 4.22. The Kier molecular flexibility index (Phi) is 4.70. The maximum atomic E-state index is 14.5. The van der Waals surface area contributed by atoms with E-state index in [-0.39, 0.29) is 17.6 Å². The van der Waals surface area contributed by atoms with Crippen molar-refractivity contribution >= 4 is 28.5 Å². The molecule has 0 radical (unpaired) electrons. The molecule has 0 aliphatic carbocycles. The normalized spacial score (nSPS) is 13.3. The van der Waals surface area contributed by atoms with Gasteiger partial charge in [0.2, 0.25) is 17.8 Å². The molecule has 4 aromatic rings. The molecule has 160 valence electrons. The summed E-state index contributed by atoms with van der Waals surface area (Å²) in [6.07, 6.45) is 3.32. The lowest BCUT2D eigenvalue weighted by atomic mass is 9.99. The van der Waals surface area contributed by atoms with Gasteiger partial charge in [-0.15, -0.1) is 0 Å². The van der Waals surface area contributed by atoms with Crippen LogP contribution in [0.4, 0.5) is 10.3 Å². The summed E-state index contributed by atoms with van der Waals surface area (Å²) in [6.45, 7) is 3.63. The molecule has 32 heavy (non-hydrogen) atoms. The summed E-state index contributed by atoms with van der Waals surface area (Å²) in [5, 5.41) is 2.75. The van der Waals surface area contributed by atoms with E-state index in [0.29, 0.717) is 46.8 Å². The molecule has 2 aromatic carbocycles. The molecular weight excluding hydrogens is 409 g/mol. The Bertz CT molecular complexity index is 1370. The molecule has 8 heteroatoms. The number of carbonyl (C=O) groups is 2. The van der Waals surface area contributed by atoms with Gasteiger partial charge in [-0.3, -0.25) is 19.5 Å². The number of hydrogen-bond donors (Lipinski definition) is 0. The molecule has 0 unspecified atom stereocenters. The molecule has 0 fully saturated rings. The van der Waals surface area contributed by atoms with Crippen molar-refractivity contribution in [1.82, 2.24) is 14.6 Å². The van der Waals surface area contributed by atoms with Crippen LogP contribution < -0.4 is 9.91 Å². The molecule has 5 rings (SSSR count). The fourth-order valence-corrected chi connectivity index (χ4v) is 4.22. The summed E-state index contributed by atoms with van der Waals surface area (Å²) >= 11 is 0. The number of halogens is 1. The van der Waals surface area contributed by atoms with Crippen molar-refractivity contribution in [1.29, 1.82) is 0 Å². The minimum absolute atomic E-state index is 0.169. The van der Waals surface area contributed by atoms with E-state index in [4.69, 9.17) is 4.98 Å². The van der Waals surface area contributed by atoms with Gasteiger partial charge in [0, 0.05) is 49.3 Å². The first-order valence-corrected chi connectivity index (χ1v) is 10.2. The Hall–Kier alpha value is -4.07. The highest BCUT2D eigenvalue weighted by Crippen LogP contribution is 2.40. The van der Waals surface area contributed by atoms with Crippen LogP contribution in [0.5, 0.6) is 0 Å². The van der Waals surface area contributed by atoms with Crippen LogP contribution in [0, 0.1) is 5.82 Å². The van der Waals surface area contributed by atoms with E-state index in [2.05, 4.69) is 4.98 Å². The molecule has 1 aliphatic heterocycles. The van der Waals surface area contributed by atoms with E-state index in [1.165, 1.54) is 19.9 Å². The first-order chi connectivity index (χ1) is 15.5. The maximum absolute atomic E-state index is 14.5. The number of imidazole rings is 1. The van der Waals surface area contributed by atoms with Crippen molar-refractivity contribution in [2.24, 2.45) is 0 Å². The molecule has 0 bridgehead atoms. The smallest absolute Gasteiger partial charge is 0.238 e. The average Bonchev–Trinajstić information content (AvgIpc) is 3.19. The summed E-state index contributed by atoms with van der Waals surface area (Å²) in [5.41, 5.74) is 2.68. The molecule has 0 spiro atoms. The van der Waals surface area contributed by atoms with E-state index in [0.717, 1.165) is 5.56 Å². The number of anilines is 1. The molecule has 3 heterocycles. The third kappa shape index (κ3) is 3.03. The topological polar surface area (TPSA) is 71.3 Å². The molecule has 0 atom stereocenters. The van der Waals surface area contributed by atoms with Crippen LogP contribution in [0.15, 0.2) is 60.9 Å². The van der Waals surface area contributed by atoms with Gasteiger partial charge < -0.3 is 0 Å². The van der Waals surface area contributed by atoms with Gasteiger partial charge in [0.15, 0.2) is 0 Å². The molecule has 0 N–H and O–H groups in total. The van der Waals surface area contributed by atoms with Crippen LogP contribution in [-0.4, -0.2) is 39.5 Å². The summed E-state index contributed by atoms with van der Waals surface area (Å²) < 4.78 is 16.2. The molecule has 2 aromatic heterocycles. The zero-order valence-electron chi connectivity index (χ0n) is 17.6. The SMILES string of the molecule is CC(=O)N1CCN(C(C)=O)n2c1nc(-c1ccc(F)c3ccccc13)c2-c1ccncc1. The van der Waals surface area contributed by atoms with Crippen molar-refractivity contribution in [2.45, 2.75) is 13.8 Å². The Morgan fingerprint density at radius 2 is 1.62 bits per heavy atom. The fraction of sp³-hybridized carbons (Fsp3) is 0.167. The summed E-state index contributed by atoms with van der Waals surface area (Å²) in [4.78, 5) is 35.4. The first-order valence-electron chi connectivity index (χ1n) is 10.2. The van der Waals surface area contributed by atoms with Crippen molar-refractivity contribution in [3.63, 3.8) is 0 Å². The number of rotatable bonds is 2. The average molecular weight is 429 g/mol. The van der Waals surface area contributed by atoms with Gasteiger partial charge >= 0.3 is 0 Å². The highest BCUT2D eigenvalue weighted by atomic mass is 19.1. The van der Waals surface area contributed by atoms with E-state index in [9.17, 15) is 14.0 Å². The third-order valence-electron chi connectivity index (χ3n) is 5.68. The largest absolute Gasteiger partial charge is 0.279 e. The Morgan fingerprint density at radius 1 is 0.906 bits per heavy atom. The predicted molar refractivity (Wildman–Crippen MR) is 120 cm³/mol.